The van der Waals surface area contributed by atoms with Gasteiger partial charge in [0.25, 0.3) is 0 Å². The minimum Gasteiger partial charge on any atom is -0.233 e. The predicted octanol–water partition coefficient (Wildman–Crippen LogP) is 13.7. The predicted molar refractivity (Wildman–Crippen MR) is 239 cm³/mol. The Morgan fingerprint density at radius 2 is 1.00 bits per heavy atom. The molecular formula is C53H42N4. The van der Waals surface area contributed by atoms with Crippen LogP contribution in [-0.2, 0) is 11.8 Å². The fraction of sp³-hybridized carbons (Fsp3) is 0.132. The van der Waals surface area contributed by atoms with E-state index < -0.39 is 0 Å². The smallest absolute Gasteiger partial charge is 0.135 e. The number of benzene rings is 8. The molecule has 2 heterocycles. The average Bonchev–Trinajstić information content (AvgIpc) is 3.25. The number of aromatic nitrogens is 4. The summed E-state index contributed by atoms with van der Waals surface area (Å²) in [4.78, 5) is 21.2. The van der Waals surface area contributed by atoms with Crippen molar-refractivity contribution in [2.45, 2.75) is 45.4 Å². The monoisotopic (exact) mass is 734 g/mol. The number of rotatable bonds is 6. The number of fused-ring (bicyclic) bond motifs is 7. The normalized spacial score (nSPS) is 12.6. The molecule has 8 aromatic carbocycles. The SMILES string of the molecule is CC(Cc1ccc2ccc3nc(C(C)(C)C)nc(-c4ccc(-c5ccccc5)cc4)c3c2c1)c1nc(-c2ccc3ccccc3c2)c2c(ccc3ccccc32)n1. The van der Waals surface area contributed by atoms with Crippen molar-refractivity contribution in [3.8, 4) is 33.6 Å². The number of hydrogen-bond donors (Lipinski definition) is 0. The first-order valence-electron chi connectivity index (χ1n) is 19.9. The molecule has 0 fully saturated rings. The van der Waals surface area contributed by atoms with Crippen LogP contribution in [0.25, 0.3) is 87.8 Å². The summed E-state index contributed by atoms with van der Waals surface area (Å²) >= 11 is 0. The Bertz CT molecular complexity index is 3140. The highest BCUT2D eigenvalue weighted by atomic mass is 14.9. The molecule has 4 heteroatoms. The molecule has 0 bridgehead atoms. The van der Waals surface area contributed by atoms with Gasteiger partial charge >= 0.3 is 0 Å². The lowest BCUT2D eigenvalue weighted by Gasteiger charge is -2.20. The third-order valence-corrected chi connectivity index (χ3v) is 11.3. The van der Waals surface area contributed by atoms with Crippen molar-refractivity contribution >= 4 is 54.1 Å². The molecule has 0 spiro atoms. The highest BCUT2D eigenvalue weighted by Gasteiger charge is 2.23. The van der Waals surface area contributed by atoms with E-state index in [1.54, 1.807) is 0 Å². The van der Waals surface area contributed by atoms with Crippen LogP contribution >= 0.6 is 0 Å². The molecule has 0 radical (unpaired) electrons. The molecule has 0 N–H and O–H groups in total. The molecule has 10 aromatic rings. The highest BCUT2D eigenvalue weighted by molar-refractivity contribution is 6.13. The Morgan fingerprint density at radius 1 is 0.439 bits per heavy atom. The van der Waals surface area contributed by atoms with Gasteiger partial charge in [-0.25, -0.2) is 19.9 Å². The van der Waals surface area contributed by atoms with E-state index in [1.165, 1.54) is 43.6 Å². The molecule has 0 saturated carbocycles. The zero-order valence-corrected chi connectivity index (χ0v) is 32.7. The van der Waals surface area contributed by atoms with E-state index in [-0.39, 0.29) is 11.3 Å². The van der Waals surface area contributed by atoms with Gasteiger partial charge in [0, 0.05) is 33.2 Å². The summed E-state index contributed by atoms with van der Waals surface area (Å²) < 4.78 is 0. The molecule has 0 aliphatic rings. The van der Waals surface area contributed by atoms with Gasteiger partial charge in [-0.1, -0.05) is 173 Å². The molecule has 0 saturated heterocycles. The average molecular weight is 735 g/mol. The summed E-state index contributed by atoms with van der Waals surface area (Å²) in [6.07, 6.45) is 0.782. The summed E-state index contributed by atoms with van der Waals surface area (Å²) in [7, 11) is 0. The molecule has 0 aliphatic heterocycles. The maximum absolute atomic E-state index is 5.42. The second kappa shape index (κ2) is 13.8. The van der Waals surface area contributed by atoms with Crippen LogP contribution in [0, 0.1) is 0 Å². The van der Waals surface area contributed by atoms with E-state index in [1.807, 2.05) is 0 Å². The van der Waals surface area contributed by atoms with Crippen molar-refractivity contribution in [3.63, 3.8) is 0 Å². The van der Waals surface area contributed by atoms with Crippen LogP contribution in [0.15, 0.2) is 164 Å². The quantitative estimate of drug-likeness (QED) is 0.160. The van der Waals surface area contributed by atoms with Crippen LogP contribution in [0.4, 0.5) is 0 Å². The van der Waals surface area contributed by atoms with Crippen LogP contribution < -0.4 is 0 Å². The van der Waals surface area contributed by atoms with Gasteiger partial charge in [-0.2, -0.15) is 0 Å². The van der Waals surface area contributed by atoms with Gasteiger partial charge in [-0.05, 0) is 73.6 Å². The van der Waals surface area contributed by atoms with Crippen molar-refractivity contribution in [2.75, 3.05) is 0 Å². The van der Waals surface area contributed by atoms with Gasteiger partial charge in [0.1, 0.15) is 11.6 Å². The largest absolute Gasteiger partial charge is 0.233 e. The lowest BCUT2D eigenvalue weighted by molar-refractivity contribution is 0.549. The fourth-order valence-corrected chi connectivity index (χ4v) is 8.25. The Labute approximate surface area is 333 Å². The Hall–Kier alpha value is -6.78. The molecule has 10 rings (SSSR count). The summed E-state index contributed by atoms with van der Waals surface area (Å²) in [5.74, 6) is 1.74. The van der Waals surface area contributed by atoms with E-state index in [0.717, 1.165) is 67.8 Å². The summed E-state index contributed by atoms with van der Waals surface area (Å²) in [6, 6.07) is 58.6. The first kappa shape index (κ1) is 34.7. The first-order chi connectivity index (χ1) is 27.8. The molecule has 4 nitrogen and oxygen atoms in total. The van der Waals surface area contributed by atoms with Crippen molar-refractivity contribution in [1.29, 1.82) is 0 Å². The highest BCUT2D eigenvalue weighted by Crippen LogP contribution is 2.38. The minimum absolute atomic E-state index is 0.0567. The van der Waals surface area contributed by atoms with Gasteiger partial charge in [-0.3, -0.25) is 0 Å². The lowest BCUT2D eigenvalue weighted by atomic mass is 9.92. The maximum atomic E-state index is 5.42. The van der Waals surface area contributed by atoms with Crippen LogP contribution in [0.1, 0.15) is 50.8 Å². The molecular weight excluding hydrogens is 693 g/mol. The van der Waals surface area contributed by atoms with Crippen LogP contribution in [-0.4, -0.2) is 19.9 Å². The minimum atomic E-state index is -0.211. The van der Waals surface area contributed by atoms with E-state index in [9.17, 15) is 0 Å². The van der Waals surface area contributed by atoms with Gasteiger partial charge in [0.15, 0.2) is 0 Å². The fourth-order valence-electron chi connectivity index (χ4n) is 8.25. The zero-order valence-electron chi connectivity index (χ0n) is 32.7. The maximum Gasteiger partial charge on any atom is 0.135 e. The topological polar surface area (TPSA) is 51.6 Å². The second-order valence-electron chi connectivity index (χ2n) is 16.4. The molecule has 1 atom stereocenters. The van der Waals surface area contributed by atoms with Crippen molar-refractivity contribution in [2.24, 2.45) is 0 Å². The summed E-state index contributed by atoms with van der Waals surface area (Å²) in [5, 5.41) is 9.26. The molecule has 0 aliphatic carbocycles. The van der Waals surface area contributed by atoms with Gasteiger partial charge in [-0.15, -0.1) is 0 Å². The standard InChI is InChI=1S/C53H42N4/c1-33(51-54-45-28-26-38-15-10-11-17-43(38)47(45)50(56-51)42-25-22-36-14-8-9-16-41(36)32-42)30-34-18-19-39-27-29-46-48(44(39)31-34)49(57-52(55-46)53(2,3)4)40-23-20-37(21-24-40)35-12-6-5-7-13-35/h5-29,31-33H,30H2,1-4H3. The van der Waals surface area contributed by atoms with Gasteiger partial charge in [0.05, 0.1) is 22.4 Å². The first-order valence-corrected chi connectivity index (χ1v) is 19.9. The summed E-state index contributed by atoms with van der Waals surface area (Å²) in [6.45, 7) is 8.79. The van der Waals surface area contributed by atoms with Crippen molar-refractivity contribution in [1.82, 2.24) is 19.9 Å². The molecule has 0 amide bonds. The van der Waals surface area contributed by atoms with Crippen LogP contribution in [0.5, 0.6) is 0 Å². The van der Waals surface area contributed by atoms with E-state index in [2.05, 4.69) is 191 Å². The number of nitrogens with zero attached hydrogens (tertiary/aromatic N) is 4. The molecule has 274 valence electrons. The Morgan fingerprint density at radius 3 is 1.77 bits per heavy atom. The van der Waals surface area contributed by atoms with E-state index in [4.69, 9.17) is 19.9 Å². The Balaban J connectivity index is 1.09. The van der Waals surface area contributed by atoms with Gasteiger partial charge < -0.3 is 0 Å². The van der Waals surface area contributed by atoms with Gasteiger partial charge in [0.2, 0.25) is 0 Å². The second-order valence-corrected chi connectivity index (χ2v) is 16.4. The van der Waals surface area contributed by atoms with Crippen LogP contribution in [0.2, 0.25) is 0 Å². The van der Waals surface area contributed by atoms with Crippen molar-refractivity contribution in [3.05, 3.63) is 181 Å². The van der Waals surface area contributed by atoms with Crippen molar-refractivity contribution < 1.29 is 0 Å². The molecule has 57 heavy (non-hydrogen) atoms. The number of hydrogen-bond acceptors (Lipinski definition) is 4. The third-order valence-electron chi connectivity index (χ3n) is 11.3. The third kappa shape index (κ3) is 6.37. The Kier molecular flexibility index (Phi) is 8.37. The zero-order chi connectivity index (χ0) is 38.7. The lowest BCUT2D eigenvalue weighted by Crippen LogP contribution is -2.16. The van der Waals surface area contributed by atoms with E-state index >= 15 is 0 Å². The molecule has 1 unspecified atom stereocenters. The molecule has 2 aromatic heterocycles. The van der Waals surface area contributed by atoms with E-state index in [0.29, 0.717) is 0 Å². The summed E-state index contributed by atoms with van der Waals surface area (Å²) in [5.41, 5.74) is 9.44. The van der Waals surface area contributed by atoms with Crippen LogP contribution in [0.3, 0.4) is 0 Å².